The minimum Gasteiger partial charge on any atom is -0.508 e. The molecule has 1 aromatic rings. The van der Waals surface area contributed by atoms with Crippen molar-refractivity contribution in [3.05, 3.63) is 33.9 Å². The number of non-ortho nitro benzene ring substituents is 1. The number of aromatic hydroxyl groups is 1. The summed E-state index contributed by atoms with van der Waals surface area (Å²) in [5.41, 5.74) is -0.241. The fourth-order valence-electron chi connectivity index (χ4n) is 1.18. The number of carbonyl (C=O) groups is 1. The second kappa shape index (κ2) is 4.61. The van der Waals surface area contributed by atoms with Gasteiger partial charge in [0.05, 0.1) is 11.0 Å². The molecular weight excluding hydrogens is 212 g/mol. The molecule has 1 aromatic carbocycles. The number of nitrogens with zero attached hydrogens (tertiary/aromatic N) is 1. The lowest BCUT2D eigenvalue weighted by atomic mass is 10.1. The zero-order chi connectivity index (χ0) is 12.3. The fourth-order valence-corrected chi connectivity index (χ4v) is 1.18. The molecule has 6 heteroatoms. The van der Waals surface area contributed by atoms with E-state index in [1.165, 1.54) is 6.07 Å². The molecule has 6 nitrogen and oxygen atoms in total. The molecule has 1 amide bonds. The molecular formula is C10H12N2O4. The minimum atomic E-state index is -0.661. The fraction of sp³-hybridized carbons (Fsp3) is 0.300. The summed E-state index contributed by atoms with van der Waals surface area (Å²) < 4.78 is 0. The molecule has 0 fully saturated rings. The first-order valence-corrected chi connectivity index (χ1v) is 4.69. The van der Waals surface area contributed by atoms with Gasteiger partial charge in [-0.2, -0.15) is 0 Å². The van der Waals surface area contributed by atoms with Crippen molar-refractivity contribution in [1.29, 1.82) is 0 Å². The van der Waals surface area contributed by atoms with Crippen molar-refractivity contribution < 1.29 is 14.8 Å². The maximum Gasteiger partial charge on any atom is 0.273 e. The van der Waals surface area contributed by atoms with Crippen LogP contribution in [0, 0.1) is 10.1 Å². The van der Waals surface area contributed by atoms with Crippen LogP contribution in [0.15, 0.2) is 18.2 Å². The predicted octanol–water partition coefficient (Wildman–Crippen LogP) is 1.44. The van der Waals surface area contributed by atoms with Crippen LogP contribution in [0.5, 0.6) is 5.75 Å². The molecule has 1 rings (SSSR count). The highest BCUT2D eigenvalue weighted by atomic mass is 16.6. The van der Waals surface area contributed by atoms with E-state index >= 15 is 0 Å². The average molecular weight is 224 g/mol. The number of nitro benzene ring substituents is 1. The Hall–Kier alpha value is -2.11. The molecule has 0 unspecified atom stereocenters. The van der Waals surface area contributed by atoms with Gasteiger partial charge in [-0.25, -0.2) is 0 Å². The molecule has 16 heavy (non-hydrogen) atoms. The Kier molecular flexibility index (Phi) is 3.44. The third-order valence-corrected chi connectivity index (χ3v) is 1.80. The van der Waals surface area contributed by atoms with Gasteiger partial charge in [0.15, 0.2) is 0 Å². The van der Waals surface area contributed by atoms with Gasteiger partial charge >= 0.3 is 0 Å². The first-order valence-electron chi connectivity index (χ1n) is 4.69. The van der Waals surface area contributed by atoms with Crippen molar-refractivity contribution in [2.75, 3.05) is 0 Å². The molecule has 86 valence electrons. The van der Waals surface area contributed by atoms with Crippen LogP contribution in [-0.4, -0.2) is 22.0 Å². The molecule has 0 radical (unpaired) electrons. The zero-order valence-corrected chi connectivity index (χ0v) is 8.93. The Morgan fingerprint density at radius 2 is 2.06 bits per heavy atom. The number of nitro groups is 1. The summed E-state index contributed by atoms with van der Waals surface area (Å²) in [4.78, 5) is 21.4. The Labute approximate surface area is 92.0 Å². The number of amides is 1. The molecule has 0 atom stereocenters. The number of phenols is 1. The minimum absolute atomic E-state index is 0.0698. The smallest absolute Gasteiger partial charge is 0.273 e. The summed E-state index contributed by atoms with van der Waals surface area (Å²) in [5, 5.41) is 22.3. The highest BCUT2D eigenvalue weighted by molar-refractivity contribution is 5.95. The molecule has 0 heterocycles. The third kappa shape index (κ3) is 2.94. The number of benzene rings is 1. The molecule has 0 spiro atoms. The van der Waals surface area contributed by atoms with Gasteiger partial charge in [-0.3, -0.25) is 14.9 Å². The number of phenolic OH excluding ortho intramolecular Hbond substituents is 1. The van der Waals surface area contributed by atoms with Crippen LogP contribution in [0.25, 0.3) is 0 Å². The van der Waals surface area contributed by atoms with Gasteiger partial charge in [0.1, 0.15) is 5.75 Å². The lowest BCUT2D eigenvalue weighted by Crippen LogP contribution is -2.30. The second-order valence-electron chi connectivity index (χ2n) is 3.62. The van der Waals surface area contributed by atoms with Gasteiger partial charge < -0.3 is 10.4 Å². The quantitative estimate of drug-likeness (QED) is 0.600. The van der Waals surface area contributed by atoms with Crippen molar-refractivity contribution in [1.82, 2.24) is 5.32 Å². The van der Waals surface area contributed by atoms with Crippen LogP contribution in [0.3, 0.4) is 0 Å². The maximum atomic E-state index is 11.5. The van der Waals surface area contributed by atoms with Gasteiger partial charge in [-0.1, -0.05) is 0 Å². The van der Waals surface area contributed by atoms with Crippen molar-refractivity contribution in [3.8, 4) is 5.75 Å². The van der Waals surface area contributed by atoms with Crippen molar-refractivity contribution >= 4 is 11.6 Å². The third-order valence-electron chi connectivity index (χ3n) is 1.80. The molecule has 0 saturated carbocycles. The molecule has 2 N–H and O–H groups in total. The molecule has 0 aliphatic heterocycles. The van der Waals surface area contributed by atoms with Crippen LogP contribution in [0.2, 0.25) is 0 Å². The van der Waals surface area contributed by atoms with Gasteiger partial charge in [-0.15, -0.1) is 0 Å². The van der Waals surface area contributed by atoms with Crippen LogP contribution < -0.4 is 5.32 Å². The largest absolute Gasteiger partial charge is 0.508 e. The number of carbonyl (C=O) groups excluding carboxylic acids is 1. The van der Waals surface area contributed by atoms with Crippen molar-refractivity contribution in [2.24, 2.45) is 0 Å². The standard InChI is InChI=1S/C10H12N2O4/c1-6(2)11-10(14)7-3-8(12(15)16)5-9(13)4-7/h3-6,13H,1-2H3,(H,11,14). The predicted molar refractivity (Wildman–Crippen MR) is 57.4 cm³/mol. The molecule has 0 aliphatic carbocycles. The van der Waals surface area contributed by atoms with E-state index in [1.807, 2.05) is 0 Å². The van der Waals surface area contributed by atoms with E-state index in [-0.39, 0.29) is 23.0 Å². The molecule has 0 aliphatic rings. The normalized spacial score (nSPS) is 10.2. The summed E-state index contributed by atoms with van der Waals surface area (Å²) in [6, 6.07) is 3.22. The highest BCUT2D eigenvalue weighted by Gasteiger charge is 2.14. The molecule has 0 saturated heterocycles. The summed E-state index contributed by atoms with van der Waals surface area (Å²) in [6.45, 7) is 3.55. The molecule has 0 bridgehead atoms. The van der Waals surface area contributed by atoms with E-state index < -0.39 is 10.8 Å². The van der Waals surface area contributed by atoms with Crippen molar-refractivity contribution in [2.45, 2.75) is 19.9 Å². The SMILES string of the molecule is CC(C)NC(=O)c1cc(O)cc([N+](=O)[O-])c1. The Balaban J connectivity index is 3.05. The average Bonchev–Trinajstić information content (AvgIpc) is 2.15. The molecule has 0 aromatic heterocycles. The number of hydrogen-bond acceptors (Lipinski definition) is 4. The van der Waals surface area contributed by atoms with Crippen LogP contribution in [0.1, 0.15) is 24.2 Å². The monoisotopic (exact) mass is 224 g/mol. The van der Waals surface area contributed by atoms with Crippen LogP contribution in [-0.2, 0) is 0 Å². The van der Waals surface area contributed by atoms with Gasteiger partial charge in [0.2, 0.25) is 0 Å². The van der Waals surface area contributed by atoms with E-state index in [2.05, 4.69) is 5.32 Å². The van der Waals surface area contributed by atoms with Gasteiger partial charge in [0, 0.05) is 17.7 Å². The topological polar surface area (TPSA) is 92.5 Å². The van der Waals surface area contributed by atoms with Crippen LogP contribution in [0.4, 0.5) is 5.69 Å². The van der Waals surface area contributed by atoms with E-state index in [9.17, 15) is 20.0 Å². The van der Waals surface area contributed by atoms with E-state index in [0.29, 0.717) is 0 Å². The van der Waals surface area contributed by atoms with Crippen LogP contribution >= 0.6 is 0 Å². The van der Waals surface area contributed by atoms with Crippen molar-refractivity contribution in [3.63, 3.8) is 0 Å². The second-order valence-corrected chi connectivity index (χ2v) is 3.62. The number of rotatable bonds is 3. The number of hydrogen-bond donors (Lipinski definition) is 2. The maximum absolute atomic E-state index is 11.5. The zero-order valence-electron chi connectivity index (χ0n) is 8.93. The lowest BCUT2D eigenvalue weighted by Gasteiger charge is -2.08. The first-order chi connectivity index (χ1) is 7.40. The van der Waals surface area contributed by atoms with E-state index in [0.717, 1.165) is 12.1 Å². The Bertz CT molecular complexity index is 429. The van der Waals surface area contributed by atoms with Gasteiger partial charge in [0.25, 0.3) is 11.6 Å². The summed E-state index contributed by atoms with van der Waals surface area (Å²) in [5.74, 6) is -0.753. The summed E-state index contributed by atoms with van der Waals surface area (Å²) in [7, 11) is 0. The summed E-state index contributed by atoms with van der Waals surface area (Å²) >= 11 is 0. The van der Waals surface area contributed by atoms with E-state index in [1.54, 1.807) is 13.8 Å². The van der Waals surface area contributed by atoms with E-state index in [4.69, 9.17) is 0 Å². The number of nitrogens with one attached hydrogen (secondary N) is 1. The Morgan fingerprint density at radius 1 is 1.44 bits per heavy atom. The van der Waals surface area contributed by atoms with Gasteiger partial charge in [-0.05, 0) is 19.9 Å². The Morgan fingerprint density at radius 3 is 2.56 bits per heavy atom. The lowest BCUT2D eigenvalue weighted by molar-refractivity contribution is -0.385. The highest BCUT2D eigenvalue weighted by Crippen LogP contribution is 2.21. The summed E-state index contributed by atoms with van der Waals surface area (Å²) in [6.07, 6.45) is 0. The first kappa shape index (κ1) is 12.0.